The van der Waals surface area contributed by atoms with E-state index in [9.17, 15) is 14.7 Å². The summed E-state index contributed by atoms with van der Waals surface area (Å²) in [6.07, 6.45) is 3.69. The van der Waals surface area contributed by atoms with Gasteiger partial charge in [-0.1, -0.05) is 6.08 Å². The lowest BCUT2D eigenvalue weighted by atomic mass is 9.89. The first-order valence-corrected chi connectivity index (χ1v) is 6.74. The summed E-state index contributed by atoms with van der Waals surface area (Å²) in [5.74, 6) is -1.28. The van der Waals surface area contributed by atoms with Crippen molar-refractivity contribution in [2.24, 2.45) is 0 Å². The summed E-state index contributed by atoms with van der Waals surface area (Å²) in [6.45, 7) is -0.287. The monoisotopic (exact) mass is 302 g/mol. The van der Waals surface area contributed by atoms with Gasteiger partial charge in [-0.15, -0.1) is 0 Å². The highest BCUT2D eigenvalue weighted by Crippen LogP contribution is 2.33. The maximum Gasteiger partial charge on any atom is 0.313 e. The molecule has 114 valence electrons. The van der Waals surface area contributed by atoms with E-state index in [1.54, 1.807) is 12.2 Å². The molecule has 1 aromatic heterocycles. The fraction of sp³-hybridized carbons (Fsp3) is 0.250. The van der Waals surface area contributed by atoms with Crippen molar-refractivity contribution in [3.05, 3.63) is 45.3 Å². The predicted octanol–water partition coefficient (Wildman–Crippen LogP) is 1.66. The largest absolute Gasteiger partial charge is 0.507 e. The van der Waals surface area contributed by atoms with Gasteiger partial charge in [0, 0.05) is 0 Å². The number of carbonyl (C=O) groups is 1. The number of phenolic OH excluding ortho intramolecular Hbond substituents is 1. The molecule has 1 atom stereocenters. The number of aliphatic hydroxyl groups is 1. The quantitative estimate of drug-likeness (QED) is 0.819. The van der Waals surface area contributed by atoms with Gasteiger partial charge >= 0.3 is 5.97 Å². The Hall–Kier alpha value is -2.60. The average molecular weight is 302 g/mol. The summed E-state index contributed by atoms with van der Waals surface area (Å²) in [5, 5.41) is 19.2. The van der Waals surface area contributed by atoms with E-state index in [-0.39, 0.29) is 34.6 Å². The molecule has 2 N–H and O–H groups in total. The average Bonchev–Trinajstić information content (AvgIpc) is 2.52. The predicted molar refractivity (Wildman–Crippen MR) is 78.5 cm³/mol. The Labute approximate surface area is 125 Å². The molecule has 0 spiro atoms. The van der Waals surface area contributed by atoms with Gasteiger partial charge in [0.2, 0.25) is 5.43 Å². The van der Waals surface area contributed by atoms with Crippen molar-refractivity contribution in [3.63, 3.8) is 0 Å². The number of phenols is 1. The lowest BCUT2D eigenvalue weighted by molar-refractivity contribution is -0.142. The maximum atomic E-state index is 12.7. The first-order valence-electron chi connectivity index (χ1n) is 6.74. The minimum absolute atomic E-state index is 0.000142. The molecule has 0 aliphatic heterocycles. The van der Waals surface area contributed by atoms with Gasteiger partial charge in [-0.2, -0.15) is 0 Å². The lowest BCUT2D eigenvalue weighted by Gasteiger charge is -2.18. The number of rotatable bonds is 2. The summed E-state index contributed by atoms with van der Waals surface area (Å²) in [5.41, 5.74) is 0.326. The highest BCUT2D eigenvalue weighted by molar-refractivity contribution is 5.88. The number of benzene rings is 1. The van der Waals surface area contributed by atoms with Crippen LogP contribution >= 0.6 is 0 Å². The first-order chi connectivity index (χ1) is 10.6. The zero-order chi connectivity index (χ0) is 15.9. The fourth-order valence-corrected chi connectivity index (χ4v) is 2.72. The SMILES string of the molecule is COC(=O)[C@@H]1CC=Cc2oc3cc(CO)cc(O)c3c(=O)c21. The maximum absolute atomic E-state index is 12.7. The van der Waals surface area contributed by atoms with Crippen LogP contribution in [0.3, 0.4) is 0 Å². The molecule has 2 aromatic rings. The van der Waals surface area contributed by atoms with Crippen LogP contribution in [0.2, 0.25) is 0 Å². The van der Waals surface area contributed by atoms with Crippen LogP contribution in [0.4, 0.5) is 0 Å². The number of aromatic hydroxyl groups is 1. The third kappa shape index (κ3) is 2.08. The van der Waals surface area contributed by atoms with Crippen LogP contribution in [-0.2, 0) is 16.1 Å². The molecule has 3 rings (SSSR count). The molecule has 0 unspecified atom stereocenters. The molecule has 0 amide bonds. The van der Waals surface area contributed by atoms with Crippen LogP contribution in [0.15, 0.2) is 27.4 Å². The molecule has 1 aliphatic rings. The summed E-state index contributed by atoms with van der Waals surface area (Å²) < 4.78 is 10.4. The number of hydrogen-bond donors (Lipinski definition) is 2. The number of hydrogen-bond acceptors (Lipinski definition) is 6. The van der Waals surface area contributed by atoms with Crippen LogP contribution in [0.1, 0.15) is 29.2 Å². The molecule has 6 nitrogen and oxygen atoms in total. The molecule has 0 saturated heterocycles. The number of allylic oxidation sites excluding steroid dienone is 1. The van der Waals surface area contributed by atoms with Crippen LogP contribution in [0.25, 0.3) is 17.0 Å². The highest BCUT2D eigenvalue weighted by atomic mass is 16.5. The molecule has 6 heteroatoms. The summed E-state index contributed by atoms with van der Waals surface area (Å²) in [6, 6.07) is 2.80. The third-order valence-electron chi connectivity index (χ3n) is 3.76. The topological polar surface area (TPSA) is 97.0 Å². The van der Waals surface area contributed by atoms with Gasteiger partial charge in [0.15, 0.2) is 0 Å². The minimum Gasteiger partial charge on any atom is -0.507 e. The number of ether oxygens (including phenoxy) is 1. The smallest absolute Gasteiger partial charge is 0.313 e. The normalized spacial score (nSPS) is 16.5. The van der Waals surface area contributed by atoms with Crippen LogP contribution in [0, 0.1) is 0 Å². The Bertz CT molecular complexity index is 846. The Balaban J connectivity index is 2.35. The van der Waals surface area contributed by atoms with Gasteiger partial charge in [-0.3, -0.25) is 9.59 Å². The molecular weight excluding hydrogens is 288 g/mol. The fourth-order valence-electron chi connectivity index (χ4n) is 2.72. The van der Waals surface area contributed by atoms with Crippen molar-refractivity contribution >= 4 is 23.0 Å². The molecule has 0 radical (unpaired) electrons. The van der Waals surface area contributed by atoms with Crippen LogP contribution < -0.4 is 5.43 Å². The van der Waals surface area contributed by atoms with E-state index in [2.05, 4.69) is 0 Å². The molecule has 0 fully saturated rings. The van der Waals surface area contributed by atoms with Crippen molar-refractivity contribution in [1.82, 2.24) is 0 Å². The van der Waals surface area contributed by atoms with Crippen LogP contribution in [0.5, 0.6) is 5.75 Å². The molecule has 0 saturated carbocycles. The van der Waals surface area contributed by atoms with E-state index in [1.165, 1.54) is 19.2 Å². The zero-order valence-electron chi connectivity index (χ0n) is 11.8. The lowest BCUT2D eigenvalue weighted by Crippen LogP contribution is -2.24. The molecule has 1 aliphatic carbocycles. The Morgan fingerprint density at radius 3 is 2.91 bits per heavy atom. The Morgan fingerprint density at radius 2 is 2.23 bits per heavy atom. The van der Waals surface area contributed by atoms with Crippen molar-refractivity contribution in [2.45, 2.75) is 18.9 Å². The van der Waals surface area contributed by atoms with Gasteiger partial charge in [-0.05, 0) is 30.2 Å². The Kier molecular flexibility index (Phi) is 3.46. The molecule has 1 aromatic carbocycles. The van der Waals surface area contributed by atoms with Crippen molar-refractivity contribution in [1.29, 1.82) is 0 Å². The minimum atomic E-state index is -0.748. The van der Waals surface area contributed by atoms with E-state index < -0.39 is 17.3 Å². The molecule has 22 heavy (non-hydrogen) atoms. The number of aliphatic hydroxyl groups excluding tert-OH is 1. The van der Waals surface area contributed by atoms with E-state index in [1.807, 2.05) is 0 Å². The number of esters is 1. The third-order valence-corrected chi connectivity index (χ3v) is 3.76. The highest BCUT2D eigenvalue weighted by Gasteiger charge is 2.31. The van der Waals surface area contributed by atoms with Gasteiger partial charge in [0.05, 0.1) is 25.2 Å². The van der Waals surface area contributed by atoms with Crippen molar-refractivity contribution < 1.29 is 24.2 Å². The van der Waals surface area contributed by atoms with Crippen molar-refractivity contribution in [2.75, 3.05) is 7.11 Å². The molecular formula is C16H14O6. The van der Waals surface area contributed by atoms with E-state index in [0.29, 0.717) is 12.0 Å². The second kappa shape index (κ2) is 5.31. The van der Waals surface area contributed by atoms with Gasteiger partial charge < -0.3 is 19.4 Å². The van der Waals surface area contributed by atoms with Crippen LogP contribution in [-0.4, -0.2) is 23.3 Å². The first kappa shape index (κ1) is 14.3. The molecule has 0 bridgehead atoms. The second-order valence-corrected chi connectivity index (χ2v) is 5.07. The van der Waals surface area contributed by atoms with Gasteiger partial charge in [-0.25, -0.2) is 0 Å². The summed E-state index contributed by atoms with van der Waals surface area (Å²) >= 11 is 0. The number of carbonyl (C=O) groups excluding carboxylic acids is 1. The summed E-state index contributed by atoms with van der Waals surface area (Å²) in [7, 11) is 1.26. The molecule has 1 heterocycles. The Morgan fingerprint density at radius 1 is 1.45 bits per heavy atom. The van der Waals surface area contributed by atoms with E-state index in [4.69, 9.17) is 14.3 Å². The second-order valence-electron chi connectivity index (χ2n) is 5.07. The van der Waals surface area contributed by atoms with Gasteiger partial charge in [0.25, 0.3) is 0 Å². The van der Waals surface area contributed by atoms with Crippen molar-refractivity contribution in [3.8, 4) is 5.75 Å². The van der Waals surface area contributed by atoms with E-state index in [0.717, 1.165) is 0 Å². The zero-order valence-corrected chi connectivity index (χ0v) is 11.8. The summed E-state index contributed by atoms with van der Waals surface area (Å²) in [4.78, 5) is 24.6. The number of fused-ring (bicyclic) bond motifs is 2. The standard InChI is InChI=1S/C16H14O6/c1-21-16(20)9-3-2-4-11-13(9)15(19)14-10(18)5-8(7-17)6-12(14)22-11/h2,4-6,9,17-18H,3,7H2,1H3/t9-/m1/s1. The van der Waals surface area contributed by atoms with Gasteiger partial charge in [0.1, 0.15) is 22.5 Å². The van der Waals surface area contributed by atoms with E-state index >= 15 is 0 Å². The number of methoxy groups -OCH3 is 1.